The maximum atomic E-state index is 11.8. The minimum absolute atomic E-state index is 0.412. The van der Waals surface area contributed by atoms with Crippen molar-refractivity contribution < 1.29 is 9.53 Å². The third-order valence-corrected chi connectivity index (χ3v) is 3.71. The number of nitriles is 1. The van der Waals surface area contributed by atoms with Crippen molar-refractivity contribution in [2.24, 2.45) is 10.9 Å². The Bertz CT molecular complexity index is 669. The number of unbranched alkanes of at least 4 members (excludes halogenated alkanes) is 2. The second-order valence-electron chi connectivity index (χ2n) is 5.69. The van der Waals surface area contributed by atoms with Gasteiger partial charge in [-0.05, 0) is 31.5 Å². The number of anilines is 1. The van der Waals surface area contributed by atoms with E-state index in [1.54, 1.807) is 25.1 Å². The Balaban J connectivity index is 2.09. The number of benzene rings is 1. The molecule has 1 aromatic carbocycles. The van der Waals surface area contributed by atoms with Crippen LogP contribution < -0.4 is 26.5 Å². The number of nitrogens with two attached hydrogens (primary N) is 1. The molecule has 0 saturated heterocycles. The van der Waals surface area contributed by atoms with Gasteiger partial charge >= 0.3 is 0 Å². The van der Waals surface area contributed by atoms with E-state index in [0.717, 1.165) is 19.3 Å². The Hall–Kier alpha value is -2.63. The SMILES string of the molecule is CCCCCOc1ccc(N2N=CC(C)(C(=O)NN)N2)cc1C#N. The van der Waals surface area contributed by atoms with Gasteiger partial charge in [-0.3, -0.25) is 10.2 Å². The summed E-state index contributed by atoms with van der Waals surface area (Å²) in [6, 6.07) is 7.28. The van der Waals surface area contributed by atoms with E-state index < -0.39 is 11.4 Å². The Morgan fingerprint density at radius 3 is 3.00 bits per heavy atom. The zero-order chi connectivity index (χ0) is 17.6. The standard InChI is InChI=1S/C16H22N6O2/c1-3-4-5-8-24-14-7-6-13(9-12(14)10-17)22-19-11-16(2,21-22)15(23)20-18/h6-7,9,11,21H,3-5,8,18H2,1-2H3,(H,20,23). The van der Waals surface area contributed by atoms with Gasteiger partial charge in [-0.2, -0.15) is 20.9 Å². The van der Waals surface area contributed by atoms with Crippen molar-refractivity contribution in [3.8, 4) is 11.8 Å². The van der Waals surface area contributed by atoms with Crippen molar-refractivity contribution in [3.63, 3.8) is 0 Å². The molecule has 0 aliphatic carbocycles. The number of hydrogen-bond acceptors (Lipinski definition) is 7. The molecule has 0 fully saturated rings. The van der Waals surface area contributed by atoms with Crippen molar-refractivity contribution >= 4 is 17.8 Å². The molecular weight excluding hydrogens is 308 g/mol. The van der Waals surface area contributed by atoms with E-state index in [9.17, 15) is 10.1 Å². The first kappa shape index (κ1) is 17.7. The fourth-order valence-electron chi connectivity index (χ4n) is 2.24. The van der Waals surface area contributed by atoms with Crippen molar-refractivity contribution in [3.05, 3.63) is 23.8 Å². The average molecular weight is 330 g/mol. The topological polar surface area (TPSA) is 116 Å². The number of hydrogen-bond donors (Lipinski definition) is 3. The largest absolute Gasteiger partial charge is 0.492 e. The summed E-state index contributed by atoms with van der Waals surface area (Å²) in [5.41, 5.74) is 5.02. The fourth-order valence-corrected chi connectivity index (χ4v) is 2.24. The van der Waals surface area contributed by atoms with Gasteiger partial charge in [0.2, 0.25) is 0 Å². The fraction of sp³-hybridized carbons (Fsp3) is 0.438. The van der Waals surface area contributed by atoms with Gasteiger partial charge < -0.3 is 4.74 Å². The molecule has 0 bridgehead atoms. The van der Waals surface area contributed by atoms with Crippen LogP contribution in [0.1, 0.15) is 38.7 Å². The van der Waals surface area contributed by atoms with Crippen LogP contribution in [0.5, 0.6) is 5.75 Å². The molecule has 2 rings (SSSR count). The predicted molar refractivity (Wildman–Crippen MR) is 91.0 cm³/mol. The zero-order valence-electron chi connectivity index (χ0n) is 13.9. The van der Waals surface area contributed by atoms with Crippen LogP contribution in [0.4, 0.5) is 5.69 Å². The molecule has 1 aromatic rings. The normalized spacial score (nSPS) is 19.2. The van der Waals surface area contributed by atoms with Crippen LogP contribution in [0.3, 0.4) is 0 Å². The number of amides is 1. The molecule has 128 valence electrons. The van der Waals surface area contributed by atoms with Crippen molar-refractivity contribution in [2.75, 3.05) is 11.7 Å². The molecule has 1 aliphatic rings. The molecular formula is C16H22N6O2. The Labute approximate surface area is 141 Å². The summed E-state index contributed by atoms with van der Waals surface area (Å²) in [4.78, 5) is 11.8. The third kappa shape index (κ3) is 3.82. The number of ether oxygens (including phenoxy) is 1. The highest BCUT2D eigenvalue weighted by atomic mass is 16.5. The van der Waals surface area contributed by atoms with Gasteiger partial charge in [0.15, 0.2) is 5.54 Å². The van der Waals surface area contributed by atoms with Gasteiger partial charge in [-0.25, -0.2) is 5.84 Å². The number of nitrogens with zero attached hydrogens (tertiary/aromatic N) is 3. The molecule has 1 unspecified atom stereocenters. The first-order chi connectivity index (χ1) is 11.5. The van der Waals surface area contributed by atoms with Crippen molar-refractivity contribution in [1.82, 2.24) is 10.9 Å². The van der Waals surface area contributed by atoms with Crippen LogP contribution in [-0.4, -0.2) is 24.3 Å². The lowest BCUT2D eigenvalue weighted by molar-refractivity contribution is -0.124. The Morgan fingerprint density at radius 1 is 1.54 bits per heavy atom. The number of carbonyl (C=O) groups is 1. The predicted octanol–water partition coefficient (Wildman–Crippen LogP) is 1.19. The van der Waals surface area contributed by atoms with E-state index in [-0.39, 0.29) is 0 Å². The highest BCUT2D eigenvalue weighted by Gasteiger charge is 2.37. The van der Waals surface area contributed by atoms with E-state index in [1.807, 2.05) is 0 Å². The zero-order valence-corrected chi connectivity index (χ0v) is 13.9. The van der Waals surface area contributed by atoms with Crippen molar-refractivity contribution in [2.45, 2.75) is 38.6 Å². The van der Waals surface area contributed by atoms with E-state index >= 15 is 0 Å². The summed E-state index contributed by atoms with van der Waals surface area (Å²) in [5.74, 6) is 5.31. The van der Waals surface area contributed by atoms with Gasteiger partial charge in [0.1, 0.15) is 11.8 Å². The summed E-state index contributed by atoms with van der Waals surface area (Å²) < 4.78 is 5.66. The van der Waals surface area contributed by atoms with E-state index in [1.165, 1.54) is 11.3 Å². The molecule has 1 atom stereocenters. The van der Waals surface area contributed by atoms with Crippen LogP contribution in [0, 0.1) is 11.3 Å². The lowest BCUT2D eigenvalue weighted by atomic mass is 10.1. The molecule has 8 nitrogen and oxygen atoms in total. The summed E-state index contributed by atoms with van der Waals surface area (Å²) in [6.07, 6.45) is 4.61. The van der Waals surface area contributed by atoms with E-state index in [2.05, 4.69) is 28.9 Å². The van der Waals surface area contributed by atoms with Crippen LogP contribution in [0.15, 0.2) is 23.3 Å². The van der Waals surface area contributed by atoms with Crippen LogP contribution in [0.2, 0.25) is 0 Å². The van der Waals surface area contributed by atoms with Gasteiger partial charge in [-0.1, -0.05) is 19.8 Å². The second kappa shape index (κ2) is 7.77. The Morgan fingerprint density at radius 2 is 2.33 bits per heavy atom. The molecule has 0 aromatic heterocycles. The second-order valence-corrected chi connectivity index (χ2v) is 5.69. The van der Waals surface area contributed by atoms with Crippen LogP contribution >= 0.6 is 0 Å². The minimum Gasteiger partial charge on any atom is -0.492 e. The molecule has 1 amide bonds. The maximum absolute atomic E-state index is 11.8. The average Bonchev–Trinajstić information content (AvgIpc) is 3.01. The summed E-state index contributed by atoms with van der Waals surface area (Å²) in [5, 5.41) is 14.9. The van der Waals surface area contributed by atoms with Gasteiger partial charge in [0.25, 0.3) is 5.91 Å². The van der Waals surface area contributed by atoms with E-state index in [0.29, 0.717) is 23.6 Å². The van der Waals surface area contributed by atoms with Gasteiger partial charge in [0, 0.05) is 0 Å². The molecule has 0 radical (unpaired) electrons. The van der Waals surface area contributed by atoms with Gasteiger partial charge in [0.05, 0.1) is 24.1 Å². The summed E-state index contributed by atoms with van der Waals surface area (Å²) >= 11 is 0. The Kier molecular flexibility index (Phi) is 5.73. The number of rotatable bonds is 7. The molecule has 4 N–H and O–H groups in total. The number of carbonyl (C=O) groups excluding carboxylic acids is 1. The first-order valence-corrected chi connectivity index (χ1v) is 7.85. The monoisotopic (exact) mass is 330 g/mol. The lowest BCUT2D eigenvalue weighted by Crippen LogP contribution is -2.58. The third-order valence-electron chi connectivity index (χ3n) is 3.71. The number of hydrazone groups is 1. The molecule has 0 spiro atoms. The van der Waals surface area contributed by atoms with Crippen molar-refractivity contribution in [1.29, 1.82) is 5.26 Å². The quantitative estimate of drug-likeness (QED) is 0.299. The number of nitrogens with one attached hydrogen (secondary N) is 2. The molecule has 24 heavy (non-hydrogen) atoms. The highest BCUT2D eigenvalue weighted by molar-refractivity contribution is 6.04. The first-order valence-electron chi connectivity index (χ1n) is 7.85. The molecule has 1 aliphatic heterocycles. The molecule has 1 heterocycles. The van der Waals surface area contributed by atoms with E-state index in [4.69, 9.17) is 10.6 Å². The highest BCUT2D eigenvalue weighted by Crippen LogP contribution is 2.26. The molecule has 8 heteroatoms. The summed E-state index contributed by atoms with van der Waals surface area (Å²) in [7, 11) is 0. The smallest absolute Gasteiger partial charge is 0.261 e. The molecule has 0 saturated carbocycles. The van der Waals surface area contributed by atoms with Gasteiger partial charge in [-0.15, -0.1) is 0 Å². The summed E-state index contributed by atoms with van der Waals surface area (Å²) in [6.45, 7) is 4.35. The maximum Gasteiger partial charge on any atom is 0.261 e. The van der Waals surface area contributed by atoms with Crippen LogP contribution in [0.25, 0.3) is 0 Å². The van der Waals surface area contributed by atoms with Crippen LogP contribution in [-0.2, 0) is 4.79 Å². The lowest BCUT2D eigenvalue weighted by Gasteiger charge is -2.23. The number of hydrazine groups is 2. The minimum atomic E-state index is -1.04.